The Hall–Kier alpha value is -3.55. The van der Waals surface area contributed by atoms with E-state index >= 15 is 0 Å². The van der Waals surface area contributed by atoms with Gasteiger partial charge in [-0.05, 0) is 24.1 Å². The fourth-order valence-electron chi connectivity index (χ4n) is 2.52. The van der Waals surface area contributed by atoms with Gasteiger partial charge >= 0.3 is 5.97 Å². The third kappa shape index (κ3) is 5.97. The van der Waals surface area contributed by atoms with Crippen molar-refractivity contribution in [3.8, 4) is 11.4 Å². The number of benzene rings is 2. The number of nitrogens with zero attached hydrogens (tertiary/aromatic N) is 2. The zero-order valence-electron chi connectivity index (χ0n) is 15.9. The van der Waals surface area contributed by atoms with Crippen LogP contribution < -0.4 is 5.32 Å². The molecule has 0 radical (unpaired) electrons. The summed E-state index contributed by atoms with van der Waals surface area (Å²) in [5.74, 6) is -0.734. The molecule has 0 saturated carbocycles. The van der Waals surface area contributed by atoms with Crippen LogP contribution in [0.15, 0.2) is 53.1 Å². The van der Waals surface area contributed by atoms with Gasteiger partial charge in [-0.3, -0.25) is 9.59 Å². The predicted molar refractivity (Wildman–Crippen MR) is 102 cm³/mol. The summed E-state index contributed by atoms with van der Waals surface area (Å²) in [6.07, 6.45) is 0.269. The van der Waals surface area contributed by atoms with Crippen molar-refractivity contribution in [2.24, 2.45) is 0 Å². The van der Waals surface area contributed by atoms with E-state index in [-0.39, 0.29) is 49.4 Å². The van der Waals surface area contributed by atoms with E-state index in [4.69, 9.17) is 9.26 Å². The molecule has 3 aromatic rings. The van der Waals surface area contributed by atoms with Gasteiger partial charge in [0.25, 0.3) is 5.89 Å². The van der Waals surface area contributed by atoms with Gasteiger partial charge in [0, 0.05) is 12.1 Å². The maximum atomic E-state index is 13.6. The maximum Gasteiger partial charge on any atom is 0.308 e. The molecule has 7 nitrogen and oxygen atoms in total. The number of hydrogen-bond donors (Lipinski definition) is 1. The number of aromatic nitrogens is 2. The Morgan fingerprint density at radius 1 is 1.17 bits per heavy atom. The zero-order valence-corrected chi connectivity index (χ0v) is 15.9. The number of aryl methyl sites for hydroxylation is 1. The molecule has 1 heterocycles. The minimum atomic E-state index is -0.508. The van der Waals surface area contributed by atoms with E-state index in [0.29, 0.717) is 11.1 Å². The average molecular weight is 397 g/mol. The summed E-state index contributed by atoms with van der Waals surface area (Å²) < 4.78 is 23.7. The van der Waals surface area contributed by atoms with Crippen LogP contribution in [0.25, 0.3) is 11.4 Å². The lowest BCUT2D eigenvalue weighted by atomic mass is 10.1. The first kappa shape index (κ1) is 20.2. The third-order valence-electron chi connectivity index (χ3n) is 4.11. The molecule has 0 bridgehead atoms. The molecule has 0 saturated heterocycles. The molecular formula is C21H20FN3O4. The number of carbonyl (C=O) groups is 2. The van der Waals surface area contributed by atoms with Crippen LogP contribution in [0.5, 0.6) is 0 Å². The largest absolute Gasteiger partial charge is 0.456 e. The number of ether oxygens (including phenoxy) is 1. The van der Waals surface area contributed by atoms with Crippen molar-refractivity contribution in [1.82, 2.24) is 15.5 Å². The smallest absolute Gasteiger partial charge is 0.308 e. The van der Waals surface area contributed by atoms with Gasteiger partial charge in [-0.2, -0.15) is 4.98 Å². The molecule has 0 fully saturated rings. The van der Waals surface area contributed by atoms with Gasteiger partial charge in [0.2, 0.25) is 11.7 Å². The molecule has 1 amide bonds. The highest BCUT2D eigenvalue weighted by molar-refractivity contribution is 5.79. The van der Waals surface area contributed by atoms with Crippen molar-refractivity contribution in [3.05, 3.63) is 71.4 Å². The quantitative estimate of drug-likeness (QED) is 0.587. The summed E-state index contributed by atoms with van der Waals surface area (Å²) in [5.41, 5.74) is 1.88. The Kier molecular flexibility index (Phi) is 6.67. The summed E-state index contributed by atoms with van der Waals surface area (Å²) in [5, 5.41) is 6.43. The summed E-state index contributed by atoms with van der Waals surface area (Å²) in [6, 6.07) is 13.9. The van der Waals surface area contributed by atoms with Gasteiger partial charge in [-0.15, -0.1) is 0 Å². The molecule has 1 aromatic heterocycles. The summed E-state index contributed by atoms with van der Waals surface area (Å²) in [4.78, 5) is 27.7. The van der Waals surface area contributed by atoms with Crippen LogP contribution >= 0.6 is 0 Å². The molecule has 0 atom stereocenters. The molecule has 0 aliphatic rings. The van der Waals surface area contributed by atoms with Crippen LogP contribution in [0.4, 0.5) is 4.39 Å². The van der Waals surface area contributed by atoms with Gasteiger partial charge in [0.15, 0.2) is 6.61 Å². The topological polar surface area (TPSA) is 94.3 Å². The van der Waals surface area contributed by atoms with E-state index < -0.39 is 5.97 Å². The molecule has 150 valence electrons. The Labute approximate surface area is 166 Å². The maximum absolute atomic E-state index is 13.6. The second-order valence-corrected chi connectivity index (χ2v) is 6.40. The molecule has 0 spiro atoms. The first-order valence-electron chi connectivity index (χ1n) is 9.06. The normalized spacial score (nSPS) is 10.6. The van der Waals surface area contributed by atoms with Crippen LogP contribution in [0.3, 0.4) is 0 Å². The van der Waals surface area contributed by atoms with Crippen LogP contribution in [0.1, 0.15) is 23.4 Å². The van der Waals surface area contributed by atoms with Crippen molar-refractivity contribution in [2.75, 3.05) is 6.54 Å². The van der Waals surface area contributed by atoms with Crippen LogP contribution in [-0.4, -0.2) is 28.6 Å². The number of halogens is 1. The highest BCUT2D eigenvalue weighted by Gasteiger charge is 2.13. The lowest BCUT2D eigenvalue weighted by molar-refractivity contribution is -0.145. The lowest BCUT2D eigenvalue weighted by Gasteiger charge is -2.05. The zero-order chi connectivity index (χ0) is 20.6. The van der Waals surface area contributed by atoms with E-state index in [9.17, 15) is 14.0 Å². The fourth-order valence-corrected chi connectivity index (χ4v) is 2.52. The van der Waals surface area contributed by atoms with E-state index in [1.165, 1.54) is 6.07 Å². The molecule has 0 unspecified atom stereocenters. The van der Waals surface area contributed by atoms with E-state index in [1.807, 2.05) is 30.3 Å². The Balaban J connectivity index is 1.40. The van der Waals surface area contributed by atoms with Crippen molar-refractivity contribution in [2.45, 2.75) is 26.4 Å². The highest BCUT2D eigenvalue weighted by atomic mass is 19.1. The Morgan fingerprint density at radius 3 is 2.72 bits per heavy atom. The molecular weight excluding hydrogens is 377 g/mol. The first-order valence-corrected chi connectivity index (χ1v) is 9.06. The monoisotopic (exact) mass is 397 g/mol. The van der Waals surface area contributed by atoms with Crippen molar-refractivity contribution >= 4 is 11.9 Å². The van der Waals surface area contributed by atoms with Crippen LogP contribution in [0.2, 0.25) is 0 Å². The van der Waals surface area contributed by atoms with Gasteiger partial charge in [-0.1, -0.05) is 47.6 Å². The predicted octanol–water partition coefficient (Wildman–Crippen LogP) is 2.98. The number of esters is 1. The average Bonchev–Trinajstić information content (AvgIpc) is 3.18. The number of rotatable bonds is 8. The van der Waals surface area contributed by atoms with Gasteiger partial charge in [0.05, 0.1) is 12.8 Å². The number of amides is 1. The summed E-state index contributed by atoms with van der Waals surface area (Å²) in [6.45, 7) is 1.63. The van der Waals surface area contributed by atoms with Gasteiger partial charge in [-0.25, -0.2) is 4.39 Å². The molecule has 8 heteroatoms. The minimum absolute atomic E-state index is 0.0185. The molecule has 3 rings (SSSR count). The van der Waals surface area contributed by atoms with Crippen LogP contribution in [-0.2, 0) is 27.4 Å². The minimum Gasteiger partial charge on any atom is -0.456 e. The van der Waals surface area contributed by atoms with E-state index in [2.05, 4.69) is 15.5 Å². The van der Waals surface area contributed by atoms with Crippen molar-refractivity contribution in [1.29, 1.82) is 0 Å². The highest BCUT2D eigenvalue weighted by Crippen LogP contribution is 2.19. The van der Waals surface area contributed by atoms with Gasteiger partial charge in [0.1, 0.15) is 5.82 Å². The van der Waals surface area contributed by atoms with E-state index in [0.717, 1.165) is 5.56 Å². The number of hydrogen-bond acceptors (Lipinski definition) is 6. The number of nitrogens with one attached hydrogen (secondary N) is 1. The third-order valence-corrected chi connectivity index (χ3v) is 4.11. The second kappa shape index (κ2) is 9.59. The van der Waals surface area contributed by atoms with E-state index in [1.54, 1.807) is 19.1 Å². The summed E-state index contributed by atoms with van der Waals surface area (Å²) >= 11 is 0. The standard InChI is InChI=1S/C21H20FN3O4/c1-14-7-8-16(12-17(14)22)21-24-19(29-25-21)13-28-20(27)9-10-23-18(26)11-15-5-3-2-4-6-15/h2-8,12H,9-11,13H2,1H3,(H,23,26). The SMILES string of the molecule is Cc1ccc(-c2noc(COC(=O)CCNC(=O)Cc3ccccc3)n2)cc1F. The lowest BCUT2D eigenvalue weighted by Crippen LogP contribution is -2.27. The number of carbonyl (C=O) groups excluding carboxylic acids is 2. The molecule has 1 N–H and O–H groups in total. The molecule has 0 aliphatic heterocycles. The first-order chi connectivity index (χ1) is 14.0. The summed E-state index contributed by atoms with van der Waals surface area (Å²) in [7, 11) is 0. The molecule has 0 aliphatic carbocycles. The van der Waals surface area contributed by atoms with Crippen molar-refractivity contribution in [3.63, 3.8) is 0 Å². The van der Waals surface area contributed by atoms with Crippen LogP contribution in [0, 0.1) is 12.7 Å². The molecule has 29 heavy (non-hydrogen) atoms. The fraction of sp³-hybridized carbons (Fsp3) is 0.238. The Bertz CT molecular complexity index is 989. The second-order valence-electron chi connectivity index (χ2n) is 6.40. The Morgan fingerprint density at radius 2 is 1.97 bits per heavy atom. The van der Waals surface area contributed by atoms with Crippen molar-refractivity contribution < 1.29 is 23.2 Å². The van der Waals surface area contributed by atoms with Gasteiger partial charge < -0.3 is 14.6 Å². The molecule has 2 aromatic carbocycles.